The van der Waals surface area contributed by atoms with Crippen LogP contribution in [-0.4, -0.2) is 239 Å². The van der Waals surface area contributed by atoms with E-state index < -0.39 is 226 Å². The Morgan fingerprint density at radius 1 is 0.477 bits per heavy atom. The van der Waals surface area contributed by atoms with Crippen LogP contribution in [0, 0.1) is 17.8 Å². The fourth-order valence-electron chi connectivity index (χ4n) is 11.7. The molecule has 600 valence electrons. The summed E-state index contributed by atoms with van der Waals surface area (Å²) in [6.07, 6.45) is -3.73. The fourth-order valence-corrected chi connectivity index (χ4v) is 11.7. The molecule has 35 nitrogen and oxygen atoms in total. The van der Waals surface area contributed by atoms with Crippen molar-refractivity contribution in [1.82, 2.24) is 78.9 Å². The molecule has 18 N–H and O–H groups in total. The number of nitrogens with two attached hydrogens (primary N) is 1. The van der Waals surface area contributed by atoms with Gasteiger partial charge in [0.25, 0.3) is 0 Å². The number of hydrogen-bond donors (Lipinski definition) is 17. The van der Waals surface area contributed by atoms with Gasteiger partial charge in [-0.1, -0.05) is 71.9 Å². The van der Waals surface area contributed by atoms with Crippen molar-refractivity contribution in [2.45, 2.75) is 277 Å². The average molecular weight is 1510 g/mol. The number of aliphatic hydroxyl groups excluding tert-OH is 3. The van der Waals surface area contributed by atoms with E-state index in [1.807, 2.05) is 18.2 Å². The molecule has 2 fully saturated rings. The molecule has 2 heterocycles. The van der Waals surface area contributed by atoms with E-state index in [-0.39, 0.29) is 44.1 Å². The molecule has 0 radical (unpaired) electrons. The summed E-state index contributed by atoms with van der Waals surface area (Å²) in [4.78, 5) is 221. The zero-order valence-corrected chi connectivity index (χ0v) is 65.7. The molecule has 0 saturated carbocycles. The van der Waals surface area contributed by atoms with Crippen LogP contribution in [0.2, 0.25) is 0 Å². The summed E-state index contributed by atoms with van der Waals surface area (Å²) >= 11 is 0. The molecule has 0 unspecified atom stereocenters. The lowest BCUT2D eigenvalue weighted by molar-refractivity contribution is -0.147. The number of primary amides is 1. The van der Waals surface area contributed by atoms with Crippen LogP contribution >= 0.6 is 0 Å². The first-order valence-electron chi connectivity index (χ1n) is 35.9. The molecule has 0 spiro atoms. The minimum absolute atomic E-state index is 0.0191. The molecular formula is C72H118N16O19. The number of likely N-dealkylation sites (tertiary alicyclic amines) is 2. The van der Waals surface area contributed by atoms with Crippen molar-refractivity contribution in [2.75, 3.05) is 26.2 Å². The number of carbonyl (C=O) groups excluding carboxylic acids is 16. The number of hydrogen-bond acceptors (Lipinski definition) is 19. The topological polar surface area (TPSA) is 523 Å². The second-order valence-electron chi connectivity index (χ2n) is 32.6. The van der Waals surface area contributed by atoms with Gasteiger partial charge in [-0.15, -0.1) is 0 Å². The molecule has 0 aliphatic carbocycles. The van der Waals surface area contributed by atoms with Gasteiger partial charge in [-0.3, -0.25) is 76.7 Å². The minimum atomic E-state index is -1.90. The minimum Gasteiger partial charge on any atom is -0.394 e. The van der Waals surface area contributed by atoms with Crippen LogP contribution in [0.25, 0.3) is 0 Å². The van der Waals surface area contributed by atoms with Crippen molar-refractivity contribution in [3.8, 4) is 0 Å². The van der Waals surface area contributed by atoms with Crippen LogP contribution in [0.5, 0.6) is 0 Å². The van der Waals surface area contributed by atoms with E-state index in [4.69, 9.17) is 5.73 Å². The average Bonchev–Trinajstić information content (AvgIpc) is 1.73. The van der Waals surface area contributed by atoms with Crippen LogP contribution in [0.1, 0.15) is 183 Å². The maximum Gasteiger partial charge on any atom is 0.248 e. The van der Waals surface area contributed by atoms with E-state index in [1.165, 1.54) is 104 Å². The lowest BCUT2D eigenvalue weighted by atomic mass is 9.95. The van der Waals surface area contributed by atoms with Gasteiger partial charge in [0.2, 0.25) is 94.5 Å². The number of β-amino-alcohol motifs (C(OH)–C–C–N with tert-alkyl or cyclic N) is 2. The SMILES string of the molecule is CC(=O)N[C@H](C(=O)NC(C)(C)C(=O)NC(C)(C)C(=O)NC(C)(C)C(=O)N[C@H](C(=O)NCC(=O)N[C@H](CC(C)C)C(=O)NC(C)(C)C(=O)NC(C)(C)C(=O)N1C[C@H](O)C[C@H]1C(=O)N[C@@H](CCC(N)=O)C(=O)NC(C)(C)C(=O)N1C[C@@H](O)C[C@@H]1C(=O)NC(C)(C)C(=O)N[C@@H](CO)Cc1ccccc1)C(C)C)C(C)C. The van der Waals surface area contributed by atoms with Gasteiger partial charge in [0.05, 0.1) is 31.4 Å². The highest BCUT2D eigenvalue weighted by molar-refractivity contribution is 6.03. The molecule has 2 aliphatic rings. The summed E-state index contributed by atoms with van der Waals surface area (Å²) in [6.45, 7) is 28.3. The van der Waals surface area contributed by atoms with Gasteiger partial charge in [-0.25, -0.2) is 0 Å². The molecule has 1 aromatic carbocycles. The van der Waals surface area contributed by atoms with Crippen LogP contribution < -0.4 is 74.9 Å². The standard InChI is InChI=1S/C72H118N16O19/c1-37(2)29-46(77-50(94)33-74-57(99)51(38(3)4)79-60(102)67(10,11)84-63(105)70(16,17)85-61(103)69(14,15)83-58(100)52(39(5)6)75-40(7)90)54(96)80-68(12,13)62(104)86-72(20,21)65(107)87-34-43(91)31-47(87)55(97)78-45(27-28-49(73)93)53(95)81-71(18,19)64(106)88-35-44(92)32-48(88)56(98)82-66(8,9)59(101)76-42(36-89)30-41-25-23-22-24-26-41/h22-26,37-39,42-48,51-52,89,91-92H,27-36H2,1-21H3,(H2,73,93)(H,74,99)(H,75,90)(H,76,101)(H,77,94)(H,78,97)(H,79,102)(H,80,96)(H,81,95)(H,82,98)(H,83,100)(H,84,105)(H,85,103)(H,86,104)/t42-,43-,44+,45+,46-,47+,48-,51+,52+/m1/s1. The van der Waals surface area contributed by atoms with Crippen molar-refractivity contribution < 1.29 is 92.0 Å². The van der Waals surface area contributed by atoms with E-state index >= 15 is 0 Å². The van der Waals surface area contributed by atoms with Gasteiger partial charge in [-0.05, 0) is 140 Å². The molecular weight excluding hydrogens is 1390 g/mol. The van der Waals surface area contributed by atoms with Crippen LogP contribution in [0.15, 0.2) is 30.3 Å². The first-order valence-corrected chi connectivity index (χ1v) is 35.9. The predicted octanol–water partition coefficient (Wildman–Crippen LogP) is -3.41. The monoisotopic (exact) mass is 1510 g/mol. The maximum atomic E-state index is 14.5. The Hall–Kier alpha value is -9.38. The Balaban J connectivity index is 1.69. The highest BCUT2D eigenvalue weighted by atomic mass is 16.3. The molecule has 2 saturated heterocycles. The fraction of sp³-hybridized carbons (Fsp3) is 0.694. The Labute approximate surface area is 625 Å². The number of carbonyl (C=O) groups is 16. The number of aliphatic hydroxyl groups is 3. The van der Waals surface area contributed by atoms with E-state index in [0.717, 1.165) is 15.4 Å². The van der Waals surface area contributed by atoms with Gasteiger partial charge >= 0.3 is 0 Å². The normalized spacial score (nSPS) is 17.9. The van der Waals surface area contributed by atoms with Crippen molar-refractivity contribution in [1.29, 1.82) is 0 Å². The third kappa shape index (κ3) is 26.8. The second kappa shape index (κ2) is 37.4. The molecule has 16 amide bonds. The highest BCUT2D eigenvalue weighted by Crippen LogP contribution is 2.27. The Morgan fingerprint density at radius 3 is 1.34 bits per heavy atom. The van der Waals surface area contributed by atoms with Gasteiger partial charge in [0.15, 0.2) is 0 Å². The number of nitrogens with one attached hydrogen (secondary N) is 13. The summed E-state index contributed by atoms with van der Waals surface area (Å²) in [5.41, 5.74) is -5.91. The van der Waals surface area contributed by atoms with Gasteiger partial charge in [-0.2, -0.15) is 0 Å². The first-order chi connectivity index (χ1) is 48.9. The van der Waals surface area contributed by atoms with Crippen LogP contribution in [-0.2, 0) is 83.1 Å². The van der Waals surface area contributed by atoms with E-state index in [2.05, 4.69) is 69.1 Å². The van der Waals surface area contributed by atoms with E-state index in [9.17, 15) is 92.0 Å². The van der Waals surface area contributed by atoms with E-state index in [0.29, 0.717) is 0 Å². The molecule has 0 bridgehead atoms. The summed E-state index contributed by atoms with van der Waals surface area (Å²) in [7, 11) is 0. The first kappa shape index (κ1) is 91.8. The summed E-state index contributed by atoms with van der Waals surface area (Å²) in [5.74, 6) is -14.3. The molecule has 35 heteroatoms. The smallest absolute Gasteiger partial charge is 0.248 e. The molecule has 107 heavy (non-hydrogen) atoms. The zero-order chi connectivity index (χ0) is 82.2. The quantitative estimate of drug-likeness (QED) is 0.0309. The number of nitrogens with zero attached hydrogens (tertiary/aromatic N) is 2. The Bertz CT molecular complexity index is 3460. The molecule has 1 aromatic rings. The summed E-state index contributed by atoms with van der Waals surface area (Å²) < 4.78 is 0. The highest BCUT2D eigenvalue weighted by Gasteiger charge is 2.50. The summed E-state index contributed by atoms with van der Waals surface area (Å²) in [6, 6.07) is 0.320. The van der Waals surface area contributed by atoms with Crippen molar-refractivity contribution in [3.05, 3.63) is 35.9 Å². The van der Waals surface area contributed by atoms with Crippen LogP contribution in [0.4, 0.5) is 0 Å². The lowest BCUT2D eigenvalue weighted by Gasteiger charge is -2.37. The largest absolute Gasteiger partial charge is 0.394 e. The zero-order valence-electron chi connectivity index (χ0n) is 65.7. The summed E-state index contributed by atoms with van der Waals surface area (Å²) in [5, 5.41) is 65.3. The van der Waals surface area contributed by atoms with E-state index in [1.54, 1.807) is 53.7 Å². The third-order valence-corrected chi connectivity index (χ3v) is 18.1. The number of rotatable bonds is 37. The maximum absolute atomic E-state index is 14.5. The third-order valence-electron chi connectivity index (χ3n) is 18.1. The Kier molecular flexibility index (Phi) is 32.1. The van der Waals surface area contributed by atoms with Gasteiger partial charge in [0.1, 0.15) is 75.0 Å². The second-order valence-corrected chi connectivity index (χ2v) is 32.6. The lowest BCUT2D eigenvalue weighted by Crippen LogP contribution is -2.67. The number of benzene rings is 1. The molecule has 3 rings (SSSR count). The Morgan fingerprint density at radius 2 is 0.879 bits per heavy atom. The van der Waals surface area contributed by atoms with Gasteiger partial charge < -0.3 is 100.0 Å². The van der Waals surface area contributed by atoms with Crippen molar-refractivity contribution in [2.24, 2.45) is 23.5 Å². The van der Waals surface area contributed by atoms with Crippen LogP contribution in [0.3, 0.4) is 0 Å². The number of amides is 16. The van der Waals surface area contributed by atoms with Gasteiger partial charge in [0, 0.05) is 39.3 Å². The van der Waals surface area contributed by atoms with Crippen molar-refractivity contribution >= 4 is 94.5 Å². The molecule has 0 aromatic heterocycles. The van der Waals surface area contributed by atoms with Crippen molar-refractivity contribution in [3.63, 3.8) is 0 Å². The molecule has 9 atom stereocenters. The molecule has 2 aliphatic heterocycles. The predicted molar refractivity (Wildman–Crippen MR) is 391 cm³/mol.